The summed E-state index contributed by atoms with van der Waals surface area (Å²) in [7, 11) is 5.49. The van der Waals surface area contributed by atoms with E-state index in [1.54, 1.807) is 7.11 Å². The fourth-order valence-electron chi connectivity index (χ4n) is 3.75. The Bertz CT molecular complexity index is 1050. The summed E-state index contributed by atoms with van der Waals surface area (Å²) in [5.74, 6) is 1.88. The fourth-order valence-corrected chi connectivity index (χ4v) is 3.75. The molecule has 3 aromatic rings. The maximum absolute atomic E-state index is 13.4. The molecule has 0 saturated carbocycles. The van der Waals surface area contributed by atoms with Crippen LogP contribution in [-0.4, -0.2) is 31.9 Å². The van der Waals surface area contributed by atoms with Gasteiger partial charge in [-0.05, 0) is 41.5 Å². The van der Waals surface area contributed by atoms with Crippen LogP contribution in [0.4, 0.5) is 0 Å². The first kappa shape index (κ1) is 18.8. The minimum atomic E-state index is -0.111. The first-order chi connectivity index (χ1) is 14.1. The molecule has 0 spiro atoms. The van der Waals surface area contributed by atoms with Crippen LogP contribution in [0.3, 0.4) is 0 Å². The number of fused-ring (bicyclic) bond motifs is 1. The van der Waals surface area contributed by atoms with Gasteiger partial charge in [-0.3, -0.25) is 4.79 Å². The second kappa shape index (κ2) is 7.84. The highest BCUT2D eigenvalue weighted by Gasteiger charge is 2.38. The molecular weight excluding hydrogens is 362 g/mol. The van der Waals surface area contributed by atoms with Crippen molar-refractivity contribution >= 4 is 5.78 Å². The van der Waals surface area contributed by atoms with Gasteiger partial charge in [0.2, 0.25) is 0 Å². The molecule has 0 aromatic heterocycles. The maximum atomic E-state index is 13.4. The number of ketones is 1. The average Bonchev–Trinajstić information content (AvgIpc) is 3.01. The van der Waals surface area contributed by atoms with Gasteiger partial charge in [-0.1, -0.05) is 42.5 Å². The van der Waals surface area contributed by atoms with E-state index in [4.69, 9.17) is 9.47 Å². The van der Waals surface area contributed by atoms with Crippen molar-refractivity contribution in [1.82, 2.24) is 4.90 Å². The van der Waals surface area contributed by atoms with Crippen LogP contribution in [0.5, 0.6) is 17.2 Å². The minimum Gasteiger partial charge on any atom is -0.497 e. The summed E-state index contributed by atoms with van der Waals surface area (Å²) in [4.78, 5) is 15.3. The number of Topliss-reactive ketones (excluding diaryl/α,β-unsaturated/α-hetero) is 1. The van der Waals surface area contributed by atoms with Gasteiger partial charge in [-0.25, -0.2) is 0 Å². The van der Waals surface area contributed by atoms with Gasteiger partial charge < -0.3 is 14.4 Å². The van der Waals surface area contributed by atoms with E-state index >= 15 is 0 Å². The summed E-state index contributed by atoms with van der Waals surface area (Å²) >= 11 is 0. The number of carbonyl (C=O) groups is 1. The lowest BCUT2D eigenvalue weighted by Gasteiger charge is -2.16. The molecule has 1 atom stereocenters. The second-order valence-electron chi connectivity index (χ2n) is 7.22. The van der Waals surface area contributed by atoms with Gasteiger partial charge >= 0.3 is 0 Å². The monoisotopic (exact) mass is 385 g/mol. The van der Waals surface area contributed by atoms with Crippen LogP contribution >= 0.6 is 0 Å². The summed E-state index contributed by atoms with van der Waals surface area (Å²) in [6.45, 7) is 0. The van der Waals surface area contributed by atoms with Gasteiger partial charge in [0.05, 0.1) is 12.7 Å². The molecule has 0 fully saturated rings. The molecule has 1 unspecified atom stereocenters. The van der Waals surface area contributed by atoms with Crippen LogP contribution in [0.1, 0.15) is 27.4 Å². The van der Waals surface area contributed by atoms with E-state index in [9.17, 15) is 4.79 Å². The lowest BCUT2D eigenvalue weighted by atomic mass is 9.90. The molecule has 4 rings (SSSR count). The minimum absolute atomic E-state index is 0.00617. The number of hydrogen-bond donors (Lipinski definition) is 0. The predicted octanol–water partition coefficient (Wildman–Crippen LogP) is 5.26. The largest absolute Gasteiger partial charge is 0.497 e. The van der Waals surface area contributed by atoms with E-state index in [1.165, 1.54) is 0 Å². The Morgan fingerprint density at radius 3 is 2.21 bits per heavy atom. The molecule has 0 heterocycles. The smallest absolute Gasteiger partial charge is 0.195 e. The van der Waals surface area contributed by atoms with Crippen molar-refractivity contribution in [1.29, 1.82) is 0 Å². The van der Waals surface area contributed by atoms with E-state index in [0.717, 1.165) is 22.4 Å². The Morgan fingerprint density at radius 1 is 0.862 bits per heavy atom. The zero-order valence-electron chi connectivity index (χ0n) is 16.8. The number of nitrogens with zero attached hydrogens (tertiary/aromatic N) is 1. The van der Waals surface area contributed by atoms with E-state index in [0.29, 0.717) is 17.1 Å². The van der Waals surface area contributed by atoms with Crippen LogP contribution in [0, 0.1) is 0 Å². The Kier molecular flexibility index (Phi) is 5.09. The highest BCUT2D eigenvalue weighted by molar-refractivity contribution is 6.16. The van der Waals surface area contributed by atoms with Crippen molar-refractivity contribution in [3.05, 3.63) is 101 Å². The maximum Gasteiger partial charge on any atom is 0.195 e. The topological polar surface area (TPSA) is 38.8 Å². The molecule has 0 aliphatic heterocycles. The first-order valence-corrected chi connectivity index (χ1v) is 9.51. The Hall–Kier alpha value is -3.53. The van der Waals surface area contributed by atoms with E-state index in [-0.39, 0.29) is 11.7 Å². The number of carbonyl (C=O) groups excluding carboxylic acids is 1. The molecule has 0 N–H and O–H groups in total. The molecular formula is C25H23NO3. The Balaban J connectivity index is 1.80. The van der Waals surface area contributed by atoms with E-state index in [2.05, 4.69) is 12.1 Å². The molecule has 0 radical (unpaired) electrons. The van der Waals surface area contributed by atoms with Crippen LogP contribution in [-0.2, 0) is 0 Å². The summed E-state index contributed by atoms with van der Waals surface area (Å²) in [5.41, 5.74) is 3.45. The summed E-state index contributed by atoms with van der Waals surface area (Å²) in [6.07, 6.45) is 1.91. The SMILES string of the molecule is COc1ccc(Oc2cccc3c2C(=O)C(=CN(C)C)C3c2ccccc2)cc1. The van der Waals surface area contributed by atoms with Crippen molar-refractivity contribution in [3.63, 3.8) is 0 Å². The van der Waals surface area contributed by atoms with Gasteiger partial charge in [0, 0.05) is 31.8 Å². The molecule has 3 aromatic carbocycles. The predicted molar refractivity (Wildman–Crippen MR) is 114 cm³/mol. The van der Waals surface area contributed by atoms with Gasteiger partial charge in [0.1, 0.15) is 17.2 Å². The summed E-state index contributed by atoms with van der Waals surface area (Å²) in [5, 5.41) is 0. The summed E-state index contributed by atoms with van der Waals surface area (Å²) in [6, 6.07) is 23.3. The van der Waals surface area contributed by atoms with Crippen molar-refractivity contribution in [3.8, 4) is 17.2 Å². The van der Waals surface area contributed by atoms with Gasteiger partial charge in [0.25, 0.3) is 0 Å². The third-order valence-electron chi connectivity index (χ3n) is 4.99. The van der Waals surface area contributed by atoms with Crippen LogP contribution in [0.25, 0.3) is 0 Å². The number of ether oxygens (including phenoxy) is 2. The average molecular weight is 385 g/mol. The normalized spacial score (nSPS) is 16.6. The lowest BCUT2D eigenvalue weighted by Crippen LogP contribution is -2.09. The van der Waals surface area contributed by atoms with Gasteiger partial charge in [-0.15, -0.1) is 0 Å². The zero-order chi connectivity index (χ0) is 20.4. The van der Waals surface area contributed by atoms with Gasteiger partial charge in [0.15, 0.2) is 5.78 Å². The molecule has 1 aliphatic rings. The molecule has 0 amide bonds. The number of methoxy groups -OCH3 is 1. The number of hydrogen-bond acceptors (Lipinski definition) is 4. The number of allylic oxidation sites excluding steroid dienone is 1. The Morgan fingerprint density at radius 2 is 1.55 bits per heavy atom. The number of rotatable bonds is 5. The standard InChI is InChI=1S/C25H23NO3/c1-26(2)16-21-23(17-8-5-4-6-9-17)20-10-7-11-22(24(20)25(21)27)29-19-14-12-18(28-3)13-15-19/h4-16,23H,1-3H3. The summed E-state index contributed by atoms with van der Waals surface area (Å²) < 4.78 is 11.3. The first-order valence-electron chi connectivity index (χ1n) is 9.51. The fraction of sp³-hybridized carbons (Fsp3) is 0.160. The van der Waals surface area contributed by atoms with E-state index < -0.39 is 0 Å². The second-order valence-corrected chi connectivity index (χ2v) is 7.22. The van der Waals surface area contributed by atoms with Crippen molar-refractivity contribution in [2.24, 2.45) is 0 Å². The molecule has 146 valence electrons. The van der Waals surface area contributed by atoms with Crippen molar-refractivity contribution < 1.29 is 14.3 Å². The number of benzene rings is 3. The zero-order valence-corrected chi connectivity index (χ0v) is 16.8. The third-order valence-corrected chi connectivity index (χ3v) is 4.99. The highest BCUT2D eigenvalue weighted by atomic mass is 16.5. The van der Waals surface area contributed by atoms with Gasteiger partial charge in [-0.2, -0.15) is 0 Å². The van der Waals surface area contributed by atoms with Crippen molar-refractivity contribution in [2.45, 2.75) is 5.92 Å². The molecule has 0 saturated heterocycles. The molecule has 29 heavy (non-hydrogen) atoms. The molecule has 4 nitrogen and oxygen atoms in total. The van der Waals surface area contributed by atoms with Crippen LogP contribution in [0.15, 0.2) is 84.6 Å². The molecule has 4 heteroatoms. The van der Waals surface area contributed by atoms with Crippen LogP contribution in [0.2, 0.25) is 0 Å². The van der Waals surface area contributed by atoms with E-state index in [1.807, 2.05) is 85.9 Å². The molecule has 1 aliphatic carbocycles. The molecule has 0 bridgehead atoms. The lowest BCUT2D eigenvalue weighted by molar-refractivity contribution is 0.103. The Labute approximate surface area is 171 Å². The van der Waals surface area contributed by atoms with Crippen LogP contribution < -0.4 is 9.47 Å². The highest BCUT2D eigenvalue weighted by Crippen LogP contribution is 2.46. The van der Waals surface area contributed by atoms with Crippen molar-refractivity contribution in [2.75, 3.05) is 21.2 Å². The quantitative estimate of drug-likeness (QED) is 0.562. The third kappa shape index (κ3) is 3.61.